The van der Waals surface area contributed by atoms with Crippen molar-refractivity contribution in [2.75, 3.05) is 0 Å². The van der Waals surface area contributed by atoms with Crippen molar-refractivity contribution in [3.63, 3.8) is 0 Å². The monoisotopic (exact) mass is 311 g/mol. The fourth-order valence-corrected chi connectivity index (χ4v) is 3.21. The number of nitrogens with zero attached hydrogens (tertiary/aromatic N) is 1. The molecule has 1 N–H and O–H groups in total. The van der Waals surface area contributed by atoms with E-state index in [9.17, 15) is 9.59 Å². The zero-order chi connectivity index (χ0) is 14.9. The van der Waals surface area contributed by atoms with Crippen LogP contribution >= 0.6 is 24.0 Å². The molecule has 2 rings (SSSR count). The zero-order valence-corrected chi connectivity index (χ0v) is 12.6. The first kappa shape index (κ1) is 14.8. The van der Waals surface area contributed by atoms with Crippen molar-refractivity contribution in [2.24, 2.45) is 0 Å². The maximum absolute atomic E-state index is 12.3. The van der Waals surface area contributed by atoms with Gasteiger partial charge in [0.05, 0.1) is 4.91 Å². The Morgan fingerprint density at radius 1 is 1.60 bits per heavy atom. The molecule has 0 unspecified atom stereocenters. The van der Waals surface area contributed by atoms with Crippen molar-refractivity contribution in [1.29, 1.82) is 0 Å². The van der Waals surface area contributed by atoms with Crippen LogP contribution in [-0.4, -0.2) is 32.2 Å². The Morgan fingerprint density at radius 2 is 2.30 bits per heavy atom. The van der Waals surface area contributed by atoms with E-state index in [0.29, 0.717) is 17.1 Å². The molecule has 0 spiro atoms. The van der Waals surface area contributed by atoms with E-state index in [2.05, 4.69) is 0 Å². The standard InChI is InChI=1S/C13H13NO4S2/c1-3-9(12(16)17)14-11(15)10(20-13(14)19)6-8-5-4-7(2)18-8/h4-6,9H,3H2,1-2H3,(H,16,17)/b10-6+/t9-/m0/s1. The lowest BCUT2D eigenvalue weighted by atomic mass is 10.2. The maximum Gasteiger partial charge on any atom is 0.326 e. The summed E-state index contributed by atoms with van der Waals surface area (Å²) >= 11 is 6.20. The minimum Gasteiger partial charge on any atom is -0.480 e. The van der Waals surface area contributed by atoms with Crippen LogP contribution in [0.25, 0.3) is 6.08 Å². The number of thiocarbonyl (C=S) groups is 1. The smallest absolute Gasteiger partial charge is 0.326 e. The number of aliphatic carboxylic acids is 1. The van der Waals surface area contributed by atoms with Gasteiger partial charge in [-0.1, -0.05) is 30.9 Å². The Morgan fingerprint density at radius 3 is 2.80 bits per heavy atom. The first-order valence-corrected chi connectivity index (χ1v) is 7.22. The lowest BCUT2D eigenvalue weighted by molar-refractivity contribution is -0.145. The summed E-state index contributed by atoms with van der Waals surface area (Å²) < 4.78 is 5.64. The van der Waals surface area contributed by atoms with E-state index in [1.54, 1.807) is 32.1 Å². The molecule has 1 atom stereocenters. The molecule has 1 aromatic heterocycles. The first-order chi connectivity index (χ1) is 9.43. The number of thioether (sulfide) groups is 1. The molecule has 0 aromatic carbocycles. The summed E-state index contributed by atoms with van der Waals surface area (Å²) in [6.45, 7) is 3.51. The van der Waals surface area contributed by atoms with Gasteiger partial charge in [0.25, 0.3) is 5.91 Å². The second-order valence-corrected chi connectivity index (χ2v) is 5.94. The van der Waals surface area contributed by atoms with E-state index in [1.165, 1.54) is 0 Å². The minimum atomic E-state index is -1.06. The molecular formula is C13H13NO4S2. The molecule has 20 heavy (non-hydrogen) atoms. The van der Waals surface area contributed by atoms with E-state index >= 15 is 0 Å². The quantitative estimate of drug-likeness (QED) is 0.681. The number of hydrogen-bond acceptors (Lipinski definition) is 5. The van der Waals surface area contributed by atoms with Crippen LogP contribution in [0.5, 0.6) is 0 Å². The van der Waals surface area contributed by atoms with Crippen LogP contribution in [0.15, 0.2) is 21.5 Å². The van der Waals surface area contributed by atoms with Crippen molar-refractivity contribution >= 4 is 46.3 Å². The topological polar surface area (TPSA) is 70.8 Å². The number of hydrogen-bond donors (Lipinski definition) is 1. The molecule has 0 radical (unpaired) electrons. The summed E-state index contributed by atoms with van der Waals surface area (Å²) in [6, 6.07) is 2.61. The number of aryl methyl sites for hydroxylation is 1. The number of carboxylic acid groups (broad SMARTS) is 1. The Bertz CT molecular complexity index is 605. The van der Waals surface area contributed by atoms with Crippen LogP contribution in [0.1, 0.15) is 24.9 Å². The predicted molar refractivity (Wildman–Crippen MR) is 80.2 cm³/mol. The van der Waals surface area contributed by atoms with Gasteiger partial charge in [-0.3, -0.25) is 9.69 Å². The number of carbonyl (C=O) groups excluding carboxylic acids is 1. The molecule has 106 valence electrons. The van der Waals surface area contributed by atoms with Gasteiger partial charge in [0.15, 0.2) is 0 Å². The highest BCUT2D eigenvalue weighted by atomic mass is 32.2. The van der Waals surface area contributed by atoms with E-state index in [-0.39, 0.29) is 10.2 Å². The van der Waals surface area contributed by atoms with Crippen LogP contribution in [0, 0.1) is 6.92 Å². The summed E-state index contributed by atoms with van der Waals surface area (Å²) in [5, 5.41) is 9.15. The van der Waals surface area contributed by atoms with E-state index in [0.717, 1.165) is 22.4 Å². The highest BCUT2D eigenvalue weighted by Crippen LogP contribution is 2.34. The molecule has 1 fully saturated rings. The third-order valence-electron chi connectivity index (χ3n) is 2.84. The first-order valence-electron chi connectivity index (χ1n) is 6.00. The molecule has 0 aliphatic carbocycles. The molecule has 5 nitrogen and oxygen atoms in total. The van der Waals surface area contributed by atoms with Gasteiger partial charge >= 0.3 is 5.97 Å². The molecule has 2 heterocycles. The number of carboxylic acids is 1. The average molecular weight is 311 g/mol. The Kier molecular flexibility index (Phi) is 4.29. The van der Waals surface area contributed by atoms with Gasteiger partial charge < -0.3 is 9.52 Å². The summed E-state index contributed by atoms with van der Waals surface area (Å²) in [7, 11) is 0. The van der Waals surface area contributed by atoms with Gasteiger partial charge in [-0.2, -0.15) is 0 Å². The fraction of sp³-hybridized carbons (Fsp3) is 0.308. The van der Waals surface area contributed by atoms with E-state index in [4.69, 9.17) is 21.7 Å². The van der Waals surface area contributed by atoms with Gasteiger partial charge in [-0.15, -0.1) is 0 Å². The second kappa shape index (κ2) is 5.80. The summed E-state index contributed by atoms with van der Waals surface area (Å²) in [4.78, 5) is 25.0. The van der Waals surface area contributed by atoms with Gasteiger partial charge in [-0.05, 0) is 25.5 Å². The van der Waals surface area contributed by atoms with Gasteiger partial charge in [0, 0.05) is 6.08 Å². The number of furan rings is 1. The van der Waals surface area contributed by atoms with Crippen LogP contribution in [0.3, 0.4) is 0 Å². The predicted octanol–water partition coefficient (Wildman–Crippen LogP) is 2.65. The fourth-order valence-electron chi connectivity index (χ4n) is 1.88. The van der Waals surface area contributed by atoms with Gasteiger partial charge in [0.2, 0.25) is 0 Å². The highest BCUT2D eigenvalue weighted by Gasteiger charge is 2.39. The Labute approximate surface area is 125 Å². The largest absolute Gasteiger partial charge is 0.480 e. The molecule has 0 saturated carbocycles. The van der Waals surface area contributed by atoms with Crippen LogP contribution in [-0.2, 0) is 9.59 Å². The minimum absolute atomic E-state index is 0.263. The maximum atomic E-state index is 12.3. The van der Waals surface area contributed by atoms with Crippen LogP contribution in [0.4, 0.5) is 0 Å². The lowest BCUT2D eigenvalue weighted by Crippen LogP contribution is -2.43. The van der Waals surface area contributed by atoms with Crippen LogP contribution < -0.4 is 0 Å². The molecule has 7 heteroatoms. The summed E-state index contributed by atoms with van der Waals surface area (Å²) in [6.07, 6.45) is 1.88. The molecule has 1 amide bonds. The summed E-state index contributed by atoms with van der Waals surface area (Å²) in [5.74, 6) is -0.155. The zero-order valence-electron chi connectivity index (χ0n) is 11.0. The molecular weight excluding hydrogens is 298 g/mol. The van der Waals surface area contributed by atoms with Crippen molar-refractivity contribution in [3.05, 3.63) is 28.6 Å². The van der Waals surface area contributed by atoms with Crippen molar-refractivity contribution in [2.45, 2.75) is 26.3 Å². The summed E-state index contributed by atoms with van der Waals surface area (Å²) in [5.41, 5.74) is 0. The number of carbonyl (C=O) groups is 2. The lowest BCUT2D eigenvalue weighted by Gasteiger charge is -2.21. The molecule has 1 aliphatic heterocycles. The number of amides is 1. The van der Waals surface area contributed by atoms with Gasteiger partial charge in [0.1, 0.15) is 21.9 Å². The Hall–Kier alpha value is -1.60. The van der Waals surface area contributed by atoms with Crippen molar-refractivity contribution in [1.82, 2.24) is 4.90 Å². The van der Waals surface area contributed by atoms with E-state index < -0.39 is 12.0 Å². The second-order valence-electron chi connectivity index (χ2n) is 4.26. The van der Waals surface area contributed by atoms with Crippen molar-refractivity contribution < 1.29 is 19.1 Å². The third-order valence-corrected chi connectivity index (χ3v) is 4.17. The SMILES string of the molecule is CC[C@@H](C(=O)O)N1C(=O)/C(=C\c2ccc(C)o2)SC1=S. The molecule has 1 aliphatic rings. The molecule has 1 saturated heterocycles. The highest BCUT2D eigenvalue weighted by molar-refractivity contribution is 8.26. The van der Waals surface area contributed by atoms with Gasteiger partial charge in [-0.25, -0.2) is 4.79 Å². The van der Waals surface area contributed by atoms with E-state index in [1.807, 2.05) is 0 Å². The third kappa shape index (κ3) is 2.78. The Balaban J connectivity index is 2.29. The van der Waals surface area contributed by atoms with Crippen molar-refractivity contribution in [3.8, 4) is 0 Å². The normalized spacial score (nSPS) is 18.9. The molecule has 1 aromatic rings. The van der Waals surface area contributed by atoms with Crippen LogP contribution in [0.2, 0.25) is 0 Å². The molecule has 0 bridgehead atoms. The average Bonchev–Trinajstić information content (AvgIpc) is 2.89. The number of rotatable bonds is 4.